The van der Waals surface area contributed by atoms with Gasteiger partial charge >= 0.3 is 0 Å². The van der Waals surface area contributed by atoms with E-state index < -0.39 is 0 Å². The number of hydrogen-bond acceptors (Lipinski definition) is 4. The Morgan fingerprint density at radius 3 is 2.97 bits per heavy atom. The minimum absolute atomic E-state index is 0.105. The number of aromatic nitrogens is 7. The number of fused-ring (bicyclic) bond motifs is 3. The summed E-state index contributed by atoms with van der Waals surface area (Å²) < 4.78 is 5.41. The molecule has 0 aliphatic rings. The molecule has 0 aliphatic carbocycles. The molecule has 0 unspecified atom stereocenters. The van der Waals surface area contributed by atoms with Crippen LogP contribution in [0, 0.1) is 6.92 Å². The maximum absolute atomic E-state index is 13.0. The van der Waals surface area contributed by atoms with Crippen molar-refractivity contribution in [2.45, 2.75) is 33.4 Å². The average molecular weight is 387 g/mol. The van der Waals surface area contributed by atoms with Crippen molar-refractivity contribution in [1.29, 1.82) is 0 Å². The van der Waals surface area contributed by atoms with E-state index in [4.69, 9.17) is 0 Å². The van der Waals surface area contributed by atoms with Crippen LogP contribution >= 0.6 is 0 Å². The summed E-state index contributed by atoms with van der Waals surface area (Å²) in [6.07, 6.45) is 8.07. The summed E-state index contributed by atoms with van der Waals surface area (Å²) in [6.45, 7) is 5.40. The molecule has 29 heavy (non-hydrogen) atoms. The molecule has 146 valence electrons. The third kappa shape index (κ3) is 2.93. The van der Waals surface area contributed by atoms with Gasteiger partial charge in [-0.1, -0.05) is 36.8 Å². The lowest BCUT2D eigenvalue weighted by Gasteiger charge is -2.05. The fourth-order valence-corrected chi connectivity index (χ4v) is 3.71. The number of rotatable bonds is 5. The van der Waals surface area contributed by atoms with Gasteiger partial charge in [0.2, 0.25) is 5.78 Å². The van der Waals surface area contributed by atoms with Crippen molar-refractivity contribution in [2.75, 3.05) is 0 Å². The van der Waals surface area contributed by atoms with E-state index in [2.05, 4.69) is 45.2 Å². The van der Waals surface area contributed by atoms with Crippen molar-refractivity contribution >= 4 is 16.9 Å². The monoisotopic (exact) mass is 387 g/mol. The third-order valence-corrected chi connectivity index (χ3v) is 5.02. The molecule has 5 aromatic rings. The molecule has 8 nitrogen and oxygen atoms in total. The minimum atomic E-state index is -0.105. The predicted octanol–water partition coefficient (Wildman–Crippen LogP) is 3.00. The maximum Gasteiger partial charge on any atom is 0.280 e. The van der Waals surface area contributed by atoms with E-state index in [1.807, 2.05) is 34.5 Å². The first kappa shape index (κ1) is 17.4. The number of nitrogens with one attached hydrogen (secondary N) is 1. The van der Waals surface area contributed by atoms with Crippen LogP contribution in [-0.2, 0) is 13.1 Å². The van der Waals surface area contributed by atoms with Crippen LogP contribution in [0.25, 0.3) is 28.3 Å². The predicted molar refractivity (Wildman–Crippen MR) is 111 cm³/mol. The van der Waals surface area contributed by atoms with E-state index in [-0.39, 0.29) is 5.56 Å². The van der Waals surface area contributed by atoms with Crippen LogP contribution in [0.15, 0.2) is 53.8 Å². The highest BCUT2D eigenvalue weighted by atomic mass is 16.1. The number of benzene rings is 1. The molecule has 0 aliphatic heterocycles. The molecule has 4 heterocycles. The standard InChI is InChI=1S/C21H21N7O/c1-3-8-28-20(29)17-19(27-9-7-22-21(27)28)25-18(24-17)16-11-23-26(13-16)12-15-6-4-5-14(2)10-15/h4-7,9-11,13H,3,8,12H2,1-2H3,(H,24,25). The molecular weight excluding hydrogens is 366 g/mol. The fourth-order valence-electron chi connectivity index (χ4n) is 3.71. The smallest absolute Gasteiger partial charge is 0.280 e. The zero-order chi connectivity index (χ0) is 20.0. The van der Waals surface area contributed by atoms with Gasteiger partial charge in [0.15, 0.2) is 11.2 Å². The van der Waals surface area contributed by atoms with Gasteiger partial charge in [-0.25, -0.2) is 9.97 Å². The molecular formula is C21H21N7O. The lowest BCUT2D eigenvalue weighted by molar-refractivity contribution is 0.663. The Labute approximate surface area is 166 Å². The lowest BCUT2D eigenvalue weighted by atomic mass is 10.1. The molecule has 0 saturated carbocycles. The van der Waals surface area contributed by atoms with Crippen molar-refractivity contribution in [1.82, 2.24) is 33.7 Å². The summed E-state index contributed by atoms with van der Waals surface area (Å²) in [6, 6.07) is 8.36. The second-order valence-corrected chi connectivity index (χ2v) is 7.25. The minimum Gasteiger partial charge on any atom is -0.332 e. The molecule has 1 aromatic carbocycles. The Bertz CT molecular complexity index is 1390. The van der Waals surface area contributed by atoms with Crippen molar-refractivity contribution in [3.8, 4) is 11.4 Å². The first-order valence-corrected chi connectivity index (χ1v) is 9.68. The zero-order valence-electron chi connectivity index (χ0n) is 16.3. The highest BCUT2D eigenvalue weighted by Gasteiger charge is 2.17. The molecule has 0 radical (unpaired) electrons. The molecule has 1 N–H and O–H groups in total. The Morgan fingerprint density at radius 2 is 2.14 bits per heavy atom. The third-order valence-electron chi connectivity index (χ3n) is 5.02. The van der Waals surface area contributed by atoms with Gasteiger partial charge in [-0.15, -0.1) is 0 Å². The summed E-state index contributed by atoms with van der Waals surface area (Å²) in [7, 11) is 0. The van der Waals surface area contributed by atoms with Gasteiger partial charge in [-0.2, -0.15) is 5.10 Å². The molecule has 0 atom stereocenters. The molecule has 4 aromatic heterocycles. The highest BCUT2D eigenvalue weighted by Crippen LogP contribution is 2.20. The largest absolute Gasteiger partial charge is 0.332 e. The second-order valence-electron chi connectivity index (χ2n) is 7.25. The van der Waals surface area contributed by atoms with Crippen molar-refractivity contribution in [3.05, 3.63) is 70.5 Å². The van der Waals surface area contributed by atoms with Crippen LogP contribution in [0.5, 0.6) is 0 Å². The summed E-state index contributed by atoms with van der Waals surface area (Å²) in [5.41, 5.74) is 4.20. The van der Waals surface area contributed by atoms with Gasteiger partial charge in [0.25, 0.3) is 5.56 Å². The van der Waals surface area contributed by atoms with Crippen LogP contribution in [0.2, 0.25) is 0 Å². The lowest BCUT2D eigenvalue weighted by Crippen LogP contribution is -2.23. The number of hydrogen-bond donors (Lipinski definition) is 1. The van der Waals surface area contributed by atoms with Crippen molar-refractivity contribution < 1.29 is 0 Å². The van der Waals surface area contributed by atoms with E-state index >= 15 is 0 Å². The Balaban J connectivity index is 1.57. The van der Waals surface area contributed by atoms with Gasteiger partial charge < -0.3 is 4.98 Å². The molecule has 0 saturated heterocycles. The number of aryl methyl sites for hydroxylation is 2. The SMILES string of the molecule is CCCn1c(=O)c2[nH]c(-c3cnn(Cc4cccc(C)c4)c3)nc2n2ccnc12. The second kappa shape index (κ2) is 6.73. The molecule has 0 fully saturated rings. The van der Waals surface area contributed by atoms with E-state index in [1.54, 1.807) is 17.0 Å². The van der Waals surface area contributed by atoms with Crippen LogP contribution in [0.3, 0.4) is 0 Å². The number of H-pyrrole nitrogens is 1. The number of imidazole rings is 2. The van der Waals surface area contributed by atoms with Gasteiger partial charge in [-0.3, -0.25) is 18.4 Å². The van der Waals surface area contributed by atoms with E-state index in [0.29, 0.717) is 35.9 Å². The Kier molecular flexibility index (Phi) is 4.04. The van der Waals surface area contributed by atoms with Gasteiger partial charge in [0.1, 0.15) is 5.82 Å². The summed E-state index contributed by atoms with van der Waals surface area (Å²) in [5, 5.41) is 4.46. The fraction of sp³-hybridized carbons (Fsp3) is 0.238. The quantitative estimate of drug-likeness (QED) is 0.502. The van der Waals surface area contributed by atoms with Gasteiger partial charge in [-0.05, 0) is 18.9 Å². The van der Waals surface area contributed by atoms with Crippen LogP contribution < -0.4 is 5.56 Å². The van der Waals surface area contributed by atoms with Crippen LogP contribution in [0.4, 0.5) is 0 Å². The molecule has 5 rings (SSSR count). The van der Waals surface area contributed by atoms with Crippen molar-refractivity contribution in [3.63, 3.8) is 0 Å². The zero-order valence-corrected chi connectivity index (χ0v) is 16.3. The Hall–Kier alpha value is -3.68. The van der Waals surface area contributed by atoms with Crippen LogP contribution in [0.1, 0.15) is 24.5 Å². The highest BCUT2D eigenvalue weighted by molar-refractivity contribution is 5.77. The normalized spacial score (nSPS) is 11.7. The maximum atomic E-state index is 13.0. The number of aromatic amines is 1. The topological polar surface area (TPSA) is 85.8 Å². The van der Waals surface area contributed by atoms with Crippen molar-refractivity contribution in [2.24, 2.45) is 0 Å². The van der Waals surface area contributed by atoms with Gasteiger partial charge in [0.05, 0.1) is 18.3 Å². The van der Waals surface area contributed by atoms with E-state index in [9.17, 15) is 4.79 Å². The molecule has 0 amide bonds. The molecule has 0 spiro atoms. The van der Waals surface area contributed by atoms with E-state index in [1.165, 1.54) is 11.1 Å². The first-order chi connectivity index (χ1) is 14.1. The molecule has 0 bridgehead atoms. The number of nitrogens with zero attached hydrogens (tertiary/aromatic N) is 6. The first-order valence-electron chi connectivity index (χ1n) is 9.68. The average Bonchev–Trinajstić information content (AvgIpc) is 3.43. The van der Waals surface area contributed by atoms with E-state index in [0.717, 1.165) is 12.0 Å². The summed E-state index contributed by atoms with van der Waals surface area (Å²) in [4.78, 5) is 25.2. The Morgan fingerprint density at radius 1 is 1.24 bits per heavy atom. The summed E-state index contributed by atoms with van der Waals surface area (Å²) >= 11 is 0. The summed E-state index contributed by atoms with van der Waals surface area (Å²) in [5.74, 6) is 1.23. The van der Waals surface area contributed by atoms with Crippen LogP contribution in [-0.4, -0.2) is 33.7 Å². The molecule has 8 heteroatoms. The van der Waals surface area contributed by atoms with Gasteiger partial charge in [0, 0.05) is 25.1 Å².